The van der Waals surface area contributed by atoms with E-state index in [4.69, 9.17) is 11.6 Å². The Labute approximate surface area is 104 Å². The summed E-state index contributed by atoms with van der Waals surface area (Å²) < 4.78 is 0. The molecule has 1 atom stereocenters. The van der Waals surface area contributed by atoms with Crippen molar-refractivity contribution in [3.63, 3.8) is 0 Å². The highest BCUT2D eigenvalue weighted by Crippen LogP contribution is 2.38. The van der Waals surface area contributed by atoms with E-state index in [9.17, 15) is 0 Å². The molecular weight excluding hydrogens is 218 g/mol. The molecule has 16 heavy (non-hydrogen) atoms. The first-order chi connectivity index (χ1) is 7.53. The zero-order chi connectivity index (χ0) is 12.2. The van der Waals surface area contributed by atoms with Gasteiger partial charge in [0, 0.05) is 11.1 Å². The van der Waals surface area contributed by atoms with Gasteiger partial charge in [0.2, 0.25) is 0 Å². The van der Waals surface area contributed by atoms with Gasteiger partial charge >= 0.3 is 0 Å². The van der Waals surface area contributed by atoms with Gasteiger partial charge in [-0.15, -0.1) is 0 Å². The maximum Gasteiger partial charge on any atom is 0.0454 e. The summed E-state index contributed by atoms with van der Waals surface area (Å²) in [5, 5.41) is 4.40. The van der Waals surface area contributed by atoms with Crippen molar-refractivity contribution < 1.29 is 0 Å². The molecule has 0 bridgehead atoms. The Morgan fingerprint density at radius 2 is 1.88 bits per heavy atom. The van der Waals surface area contributed by atoms with Crippen molar-refractivity contribution >= 4 is 11.6 Å². The number of nitrogens with one attached hydrogen (secondary N) is 1. The number of halogens is 1. The minimum atomic E-state index is 0.209. The van der Waals surface area contributed by atoms with Crippen LogP contribution >= 0.6 is 11.6 Å². The lowest BCUT2D eigenvalue weighted by Crippen LogP contribution is -2.34. The standard InChI is InChI=1S/C14H22ClN/c1-5-14(3,4)13(16-6-2)11-9-7-8-10-12(11)15/h7-10,13,16H,5-6H2,1-4H3. The van der Waals surface area contributed by atoms with Crippen molar-refractivity contribution in [2.45, 2.75) is 40.2 Å². The second-order valence-corrected chi connectivity index (χ2v) is 5.26. The molecule has 1 aromatic carbocycles. The molecule has 0 radical (unpaired) electrons. The zero-order valence-electron chi connectivity index (χ0n) is 10.7. The Morgan fingerprint density at radius 3 is 2.38 bits per heavy atom. The van der Waals surface area contributed by atoms with Crippen molar-refractivity contribution in [1.29, 1.82) is 0 Å². The maximum absolute atomic E-state index is 6.28. The molecule has 0 heterocycles. The van der Waals surface area contributed by atoms with Crippen LogP contribution in [-0.4, -0.2) is 6.54 Å². The number of hydrogen-bond acceptors (Lipinski definition) is 1. The summed E-state index contributed by atoms with van der Waals surface area (Å²) in [6.07, 6.45) is 1.12. The van der Waals surface area contributed by atoms with E-state index in [2.05, 4.69) is 45.1 Å². The van der Waals surface area contributed by atoms with Crippen molar-refractivity contribution in [2.75, 3.05) is 6.54 Å². The first kappa shape index (κ1) is 13.5. The molecule has 90 valence electrons. The molecule has 1 aromatic rings. The monoisotopic (exact) mass is 239 g/mol. The van der Waals surface area contributed by atoms with Gasteiger partial charge in [0.25, 0.3) is 0 Å². The Balaban J connectivity index is 3.08. The quantitative estimate of drug-likeness (QED) is 0.802. The fraction of sp³-hybridized carbons (Fsp3) is 0.571. The summed E-state index contributed by atoms with van der Waals surface area (Å²) in [5.41, 5.74) is 1.42. The number of benzene rings is 1. The lowest BCUT2D eigenvalue weighted by atomic mass is 9.78. The summed E-state index contributed by atoms with van der Waals surface area (Å²) in [5.74, 6) is 0. The molecule has 0 amide bonds. The molecule has 1 unspecified atom stereocenters. The van der Waals surface area contributed by atoms with E-state index >= 15 is 0 Å². The molecule has 2 heteroatoms. The third-order valence-corrected chi connectivity index (χ3v) is 3.66. The summed E-state index contributed by atoms with van der Waals surface area (Å²) in [6.45, 7) is 9.88. The van der Waals surface area contributed by atoms with E-state index in [1.165, 1.54) is 5.56 Å². The zero-order valence-corrected chi connectivity index (χ0v) is 11.4. The third kappa shape index (κ3) is 2.99. The van der Waals surface area contributed by atoms with Crippen molar-refractivity contribution in [3.05, 3.63) is 34.9 Å². The molecule has 0 fully saturated rings. The molecule has 1 rings (SSSR count). The van der Waals surface area contributed by atoms with Crippen LogP contribution in [0.3, 0.4) is 0 Å². The predicted molar refractivity (Wildman–Crippen MR) is 71.9 cm³/mol. The first-order valence-corrected chi connectivity index (χ1v) is 6.38. The Hall–Kier alpha value is -0.530. The molecule has 0 spiro atoms. The summed E-state index contributed by atoms with van der Waals surface area (Å²) in [4.78, 5) is 0. The minimum Gasteiger partial charge on any atom is -0.310 e. The predicted octanol–water partition coefficient (Wildman–Crippen LogP) is 4.43. The van der Waals surface area contributed by atoms with Crippen LogP contribution in [0.2, 0.25) is 5.02 Å². The van der Waals surface area contributed by atoms with Crippen LogP contribution in [-0.2, 0) is 0 Å². The molecule has 0 aromatic heterocycles. The number of hydrogen-bond donors (Lipinski definition) is 1. The largest absolute Gasteiger partial charge is 0.310 e. The highest BCUT2D eigenvalue weighted by molar-refractivity contribution is 6.31. The van der Waals surface area contributed by atoms with Gasteiger partial charge in [0.15, 0.2) is 0 Å². The molecule has 0 aliphatic carbocycles. The Bertz CT molecular complexity index is 333. The molecule has 0 aliphatic rings. The lowest BCUT2D eigenvalue weighted by molar-refractivity contribution is 0.237. The normalized spacial score (nSPS) is 13.8. The van der Waals surface area contributed by atoms with E-state index in [-0.39, 0.29) is 5.41 Å². The van der Waals surface area contributed by atoms with Gasteiger partial charge in [0.05, 0.1) is 0 Å². The highest BCUT2D eigenvalue weighted by atomic mass is 35.5. The first-order valence-electron chi connectivity index (χ1n) is 6.00. The highest BCUT2D eigenvalue weighted by Gasteiger charge is 2.29. The molecular formula is C14H22ClN. The summed E-state index contributed by atoms with van der Waals surface area (Å²) in [6, 6.07) is 8.43. The molecule has 0 saturated carbocycles. The van der Waals surface area contributed by atoms with Crippen LogP contribution in [0.5, 0.6) is 0 Å². The topological polar surface area (TPSA) is 12.0 Å². The van der Waals surface area contributed by atoms with Gasteiger partial charge in [-0.25, -0.2) is 0 Å². The second-order valence-electron chi connectivity index (χ2n) is 4.85. The van der Waals surface area contributed by atoms with Gasteiger partial charge in [-0.3, -0.25) is 0 Å². The lowest BCUT2D eigenvalue weighted by Gasteiger charge is -2.35. The summed E-state index contributed by atoms with van der Waals surface area (Å²) >= 11 is 6.28. The fourth-order valence-corrected chi connectivity index (χ4v) is 2.17. The van der Waals surface area contributed by atoms with Crippen molar-refractivity contribution in [3.8, 4) is 0 Å². The van der Waals surface area contributed by atoms with E-state index in [0.717, 1.165) is 18.0 Å². The average Bonchev–Trinajstić information content (AvgIpc) is 2.27. The number of rotatable bonds is 5. The van der Waals surface area contributed by atoms with Crippen LogP contribution in [0.4, 0.5) is 0 Å². The van der Waals surface area contributed by atoms with Crippen LogP contribution in [0.15, 0.2) is 24.3 Å². The third-order valence-electron chi connectivity index (χ3n) is 3.32. The molecule has 0 saturated heterocycles. The maximum atomic E-state index is 6.28. The molecule has 1 nitrogen and oxygen atoms in total. The van der Waals surface area contributed by atoms with Crippen LogP contribution in [0, 0.1) is 5.41 Å². The second kappa shape index (κ2) is 5.70. The van der Waals surface area contributed by atoms with E-state index in [0.29, 0.717) is 6.04 Å². The Morgan fingerprint density at radius 1 is 1.25 bits per heavy atom. The van der Waals surface area contributed by atoms with Crippen LogP contribution < -0.4 is 5.32 Å². The van der Waals surface area contributed by atoms with E-state index < -0.39 is 0 Å². The van der Waals surface area contributed by atoms with Gasteiger partial charge in [-0.1, -0.05) is 57.5 Å². The van der Waals surface area contributed by atoms with Crippen molar-refractivity contribution in [1.82, 2.24) is 5.32 Å². The summed E-state index contributed by atoms with van der Waals surface area (Å²) in [7, 11) is 0. The van der Waals surface area contributed by atoms with Gasteiger partial charge < -0.3 is 5.32 Å². The van der Waals surface area contributed by atoms with Gasteiger partial charge in [-0.05, 0) is 30.0 Å². The van der Waals surface area contributed by atoms with E-state index in [1.54, 1.807) is 0 Å². The average molecular weight is 240 g/mol. The minimum absolute atomic E-state index is 0.209. The fourth-order valence-electron chi connectivity index (χ4n) is 1.92. The Kier molecular flexibility index (Phi) is 4.82. The van der Waals surface area contributed by atoms with Crippen LogP contribution in [0.1, 0.15) is 45.7 Å². The molecule has 1 N–H and O–H groups in total. The SMILES string of the molecule is CCNC(c1ccccc1Cl)C(C)(C)CC. The van der Waals surface area contributed by atoms with E-state index in [1.807, 2.05) is 12.1 Å². The van der Waals surface area contributed by atoms with Gasteiger partial charge in [0.1, 0.15) is 0 Å². The van der Waals surface area contributed by atoms with Crippen molar-refractivity contribution in [2.24, 2.45) is 5.41 Å². The van der Waals surface area contributed by atoms with Crippen LogP contribution in [0.25, 0.3) is 0 Å². The smallest absolute Gasteiger partial charge is 0.0454 e. The molecule has 0 aliphatic heterocycles. The van der Waals surface area contributed by atoms with Gasteiger partial charge in [-0.2, -0.15) is 0 Å².